The van der Waals surface area contributed by atoms with E-state index in [4.69, 9.17) is 0 Å². The predicted octanol–water partition coefficient (Wildman–Crippen LogP) is -0.0450. The molecule has 3 N–H and O–H groups in total. The average Bonchev–Trinajstić information content (AvgIpc) is 2.29. The van der Waals surface area contributed by atoms with Crippen LogP contribution in [0.3, 0.4) is 0 Å². The van der Waals surface area contributed by atoms with Gasteiger partial charge in [-0.05, 0) is 45.7 Å². The van der Waals surface area contributed by atoms with Crippen LogP contribution >= 0.6 is 0 Å². The van der Waals surface area contributed by atoms with Crippen LogP contribution in [-0.2, 0) is 14.9 Å². The fourth-order valence-corrected chi connectivity index (χ4v) is 3.00. The number of hydrogen-bond donors (Lipinski definition) is 3. The summed E-state index contributed by atoms with van der Waals surface area (Å²) < 4.78 is 32.0. The Balaban J connectivity index is 2.45. The second-order valence-electron chi connectivity index (χ2n) is 4.32. The van der Waals surface area contributed by atoms with Crippen molar-refractivity contribution in [2.45, 2.75) is 32.7 Å². The molecule has 1 saturated heterocycles. The summed E-state index contributed by atoms with van der Waals surface area (Å²) in [5.74, 6) is 0.282. The van der Waals surface area contributed by atoms with Crippen LogP contribution in [-0.4, -0.2) is 40.2 Å². The quantitative estimate of drug-likeness (QED) is 0.656. The van der Waals surface area contributed by atoms with Gasteiger partial charge in [-0.15, -0.1) is 0 Å². The molecule has 0 aromatic carbocycles. The first kappa shape index (κ1) is 15.2. The van der Waals surface area contributed by atoms with Crippen LogP contribution in [0.2, 0.25) is 0 Å². The zero-order valence-corrected chi connectivity index (χ0v) is 11.5. The minimum absolute atomic E-state index is 0.130. The highest BCUT2D eigenvalue weighted by Gasteiger charge is 2.25. The van der Waals surface area contributed by atoms with Crippen LogP contribution in [0.1, 0.15) is 26.7 Å². The van der Waals surface area contributed by atoms with Crippen molar-refractivity contribution in [3.63, 3.8) is 0 Å². The van der Waals surface area contributed by atoms with Crippen LogP contribution in [0.5, 0.6) is 0 Å². The molecule has 1 aliphatic rings. The van der Waals surface area contributed by atoms with E-state index in [-0.39, 0.29) is 18.6 Å². The Labute approximate surface area is 108 Å². The third-order valence-electron chi connectivity index (χ3n) is 2.93. The van der Waals surface area contributed by atoms with Gasteiger partial charge < -0.3 is 10.1 Å². The largest absolute Gasteiger partial charge is 0.449 e. The molecule has 1 atom stereocenters. The van der Waals surface area contributed by atoms with Crippen molar-refractivity contribution in [1.82, 2.24) is 14.8 Å². The van der Waals surface area contributed by atoms with E-state index in [0.717, 1.165) is 25.9 Å². The molecule has 0 bridgehead atoms. The second kappa shape index (κ2) is 6.91. The number of ether oxygens (including phenoxy) is 1. The maximum atomic E-state index is 11.6. The van der Waals surface area contributed by atoms with Crippen molar-refractivity contribution in [2.24, 2.45) is 5.92 Å². The average molecular weight is 279 g/mol. The maximum absolute atomic E-state index is 11.6. The standard InChI is InChI=1S/C10H21N3O4S/c1-3-17-10(14)13-18(15,16)12-8(2)9-4-6-11-7-5-9/h8-9,11-12H,3-7H2,1-2H3,(H,13,14). The number of nitrogens with one attached hydrogen (secondary N) is 3. The van der Waals surface area contributed by atoms with Gasteiger partial charge in [0.2, 0.25) is 0 Å². The van der Waals surface area contributed by atoms with Crippen molar-refractivity contribution in [3.05, 3.63) is 0 Å². The minimum atomic E-state index is -3.85. The summed E-state index contributed by atoms with van der Waals surface area (Å²) in [5.41, 5.74) is 0. The summed E-state index contributed by atoms with van der Waals surface area (Å²) in [4.78, 5) is 11.1. The zero-order valence-electron chi connectivity index (χ0n) is 10.7. The highest BCUT2D eigenvalue weighted by Crippen LogP contribution is 2.16. The normalized spacial score (nSPS) is 19.2. The van der Waals surface area contributed by atoms with Gasteiger partial charge in [-0.1, -0.05) is 0 Å². The predicted molar refractivity (Wildman–Crippen MR) is 67.3 cm³/mol. The maximum Gasteiger partial charge on any atom is 0.421 e. The third kappa shape index (κ3) is 5.19. The van der Waals surface area contributed by atoms with Crippen molar-refractivity contribution >= 4 is 16.3 Å². The molecule has 0 aromatic heterocycles. The van der Waals surface area contributed by atoms with E-state index >= 15 is 0 Å². The first-order valence-corrected chi connectivity index (χ1v) is 7.60. The lowest BCUT2D eigenvalue weighted by Gasteiger charge is -2.28. The van der Waals surface area contributed by atoms with Crippen molar-refractivity contribution in [2.75, 3.05) is 19.7 Å². The summed E-state index contributed by atoms with van der Waals surface area (Å²) in [6, 6.07) is -0.209. The Morgan fingerprint density at radius 1 is 1.44 bits per heavy atom. The van der Waals surface area contributed by atoms with Crippen LogP contribution in [0.15, 0.2) is 0 Å². The molecule has 18 heavy (non-hydrogen) atoms. The summed E-state index contributed by atoms with van der Waals surface area (Å²) >= 11 is 0. The molecule has 0 saturated carbocycles. The molecule has 106 valence electrons. The number of carbonyl (C=O) groups is 1. The molecular weight excluding hydrogens is 258 g/mol. The highest BCUT2D eigenvalue weighted by molar-refractivity contribution is 7.88. The van der Waals surface area contributed by atoms with Gasteiger partial charge in [-0.3, -0.25) is 0 Å². The second-order valence-corrected chi connectivity index (χ2v) is 5.77. The lowest BCUT2D eigenvalue weighted by Crippen LogP contribution is -2.48. The summed E-state index contributed by atoms with van der Waals surface area (Å²) in [6.45, 7) is 5.33. The fraction of sp³-hybridized carbons (Fsp3) is 0.900. The van der Waals surface area contributed by atoms with E-state index in [0.29, 0.717) is 0 Å². The zero-order chi connectivity index (χ0) is 13.6. The Hall–Kier alpha value is -0.860. The van der Waals surface area contributed by atoms with E-state index < -0.39 is 16.3 Å². The van der Waals surface area contributed by atoms with Crippen molar-refractivity contribution in [1.29, 1.82) is 0 Å². The van der Waals surface area contributed by atoms with Crippen LogP contribution in [0.25, 0.3) is 0 Å². The molecule has 1 aliphatic heterocycles. The van der Waals surface area contributed by atoms with Crippen LogP contribution in [0.4, 0.5) is 4.79 Å². The minimum Gasteiger partial charge on any atom is -0.449 e. The Morgan fingerprint density at radius 2 is 2.06 bits per heavy atom. The van der Waals surface area contributed by atoms with Gasteiger partial charge >= 0.3 is 16.3 Å². The van der Waals surface area contributed by atoms with E-state index in [1.54, 1.807) is 13.8 Å². The first-order valence-electron chi connectivity index (χ1n) is 6.12. The Morgan fingerprint density at radius 3 is 2.61 bits per heavy atom. The fourth-order valence-electron chi connectivity index (χ4n) is 1.98. The van der Waals surface area contributed by atoms with Gasteiger partial charge in [-0.25, -0.2) is 9.52 Å². The Bertz CT molecular complexity index is 365. The molecule has 1 heterocycles. The molecule has 8 heteroatoms. The molecule has 1 rings (SSSR count). The molecule has 7 nitrogen and oxygen atoms in total. The van der Waals surface area contributed by atoms with Gasteiger partial charge in [0.05, 0.1) is 6.61 Å². The SMILES string of the molecule is CCOC(=O)NS(=O)(=O)NC(C)C1CCNCC1. The van der Waals surface area contributed by atoms with Gasteiger partial charge in [0.1, 0.15) is 0 Å². The topological polar surface area (TPSA) is 96.5 Å². The molecule has 0 spiro atoms. The molecular formula is C10H21N3O4S. The highest BCUT2D eigenvalue weighted by atomic mass is 32.2. The van der Waals surface area contributed by atoms with E-state index in [1.807, 2.05) is 4.72 Å². The summed E-state index contributed by atoms with van der Waals surface area (Å²) in [6.07, 6.45) is 0.883. The van der Waals surface area contributed by atoms with Crippen molar-refractivity contribution < 1.29 is 17.9 Å². The number of amides is 1. The summed E-state index contributed by atoms with van der Waals surface area (Å²) in [7, 11) is -3.85. The molecule has 0 aromatic rings. The van der Waals surface area contributed by atoms with Gasteiger partial charge in [0.25, 0.3) is 0 Å². The third-order valence-corrected chi connectivity index (χ3v) is 4.04. The Kier molecular flexibility index (Phi) is 5.83. The molecule has 1 unspecified atom stereocenters. The molecule has 0 radical (unpaired) electrons. The van der Waals surface area contributed by atoms with Crippen molar-refractivity contribution in [3.8, 4) is 0 Å². The van der Waals surface area contributed by atoms with Gasteiger partial charge in [0, 0.05) is 6.04 Å². The number of carbonyl (C=O) groups excluding carboxylic acids is 1. The monoisotopic (exact) mass is 279 g/mol. The van der Waals surface area contributed by atoms with E-state index in [2.05, 4.69) is 14.8 Å². The van der Waals surface area contributed by atoms with Crippen LogP contribution in [0, 0.1) is 5.92 Å². The van der Waals surface area contributed by atoms with Crippen LogP contribution < -0.4 is 14.8 Å². The molecule has 1 fully saturated rings. The number of rotatable bonds is 5. The van der Waals surface area contributed by atoms with Gasteiger partial charge in [-0.2, -0.15) is 13.1 Å². The lowest BCUT2D eigenvalue weighted by molar-refractivity contribution is 0.158. The molecule has 0 aliphatic carbocycles. The molecule has 1 amide bonds. The van der Waals surface area contributed by atoms with E-state index in [9.17, 15) is 13.2 Å². The van der Waals surface area contributed by atoms with E-state index in [1.165, 1.54) is 0 Å². The smallest absolute Gasteiger partial charge is 0.421 e. The first-order chi connectivity index (χ1) is 8.44. The number of piperidine rings is 1. The number of hydrogen-bond acceptors (Lipinski definition) is 5. The summed E-state index contributed by atoms with van der Waals surface area (Å²) in [5, 5.41) is 3.21. The lowest BCUT2D eigenvalue weighted by atomic mass is 9.92. The van der Waals surface area contributed by atoms with Gasteiger partial charge in [0.15, 0.2) is 0 Å².